The highest BCUT2D eigenvalue weighted by Crippen LogP contribution is 2.21. The first-order valence-corrected chi connectivity index (χ1v) is 9.86. The zero-order chi connectivity index (χ0) is 19.1. The maximum absolute atomic E-state index is 12.3. The van der Waals surface area contributed by atoms with Crippen LogP contribution in [0.5, 0.6) is 5.75 Å². The summed E-state index contributed by atoms with van der Waals surface area (Å²) in [4.78, 5) is 14.9. The standard InChI is InChI=1S/C23H30N2O2/c1-18-7-5-6-14-25(18)17-21-9-4-3-8-20(21)16-24-23(26)15-19-10-12-22(27-2)13-11-19/h3-4,8-13,18H,5-7,14-17H2,1-2H3,(H,24,26). The predicted molar refractivity (Wildman–Crippen MR) is 109 cm³/mol. The van der Waals surface area contributed by atoms with E-state index in [0.29, 0.717) is 19.0 Å². The number of nitrogens with zero attached hydrogens (tertiary/aromatic N) is 1. The number of amides is 1. The number of ether oxygens (including phenoxy) is 1. The van der Waals surface area contributed by atoms with E-state index in [-0.39, 0.29) is 5.91 Å². The molecule has 1 amide bonds. The molecule has 4 nitrogen and oxygen atoms in total. The van der Waals surface area contributed by atoms with Crippen LogP contribution in [0.1, 0.15) is 42.9 Å². The number of hydrogen-bond acceptors (Lipinski definition) is 3. The highest BCUT2D eigenvalue weighted by atomic mass is 16.5. The number of carbonyl (C=O) groups is 1. The summed E-state index contributed by atoms with van der Waals surface area (Å²) in [7, 11) is 1.64. The normalized spacial score (nSPS) is 17.5. The van der Waals surface area contributed by atoms with Crippen molar-refractivity contribution in [2.24, 2.45) is 0 Å². The van der Waals surface area contributed by atoms with E-state index in [1.165, 1.54) is 36.9 Å². The van der Waals surface area contributed by atoms with Gasteiger partial charge >= 0.3 is 0 Å². The largest absolute Gasteiger partial charge is 0.497 e. The Kier molecular flexibility index (Phi) is 6.88. The Labute approximate surface area is 162 Å². The van der Waals surface area contributed by atoms with E-state index in [1.54, 1.807) is 7.11 Å². The van der Waals surface area contributed by atoms with Crippen molar-refractivity contribution in [1.82, 2.24) is 10.2 Å². The van der Waals surface area contributed by atoms with E-state index in [2.05, 4.69) is 35.3 Å². The monoisotopic (exact) mass is 366 g/mol. The van der Waals surface area contributed by atoms with Gasteiger partial charge in [0.05, 0.1) is 13.5 Å². The maximum Gasteiger partial charge on any atom is 0.224 e. The van der Waals surface area contributed by atoms with Crippen molar-refractivity contribution in [1.29, 1.82) is 0 Å². The number of benzene rings is 2. The summed E-state index contributed by atoms with van der Waals surface area (Å²) in [5.41, 5.74) is 3.51. The molecule has 27 heavy (non-hydrogen) atoms. The molecule has 0 radical (unpaired) electrons. The van der Waals surface area contributed by atoms with E-state index in [0.717, 1.165) is 17.9 Å². The average Bonchev–Trinajstić information content (AvgIpc) is 2.69. The SMILES string of the molecule is COc1ccc(CC(=O)NCc2ccccc2CN2CCCCC2C)cc1. The molecule has 0 aliphatic carbocycles. The molecule has 0 bridgehead atoms. The van der Waals surface area contributed by atoms with Crippen LogP contribution in [0.25, 0.3) is 0 Å². The van der Waals surface area contributed by atoms with Gasteiger partial charge in [-0.2, -0.15) is 0 Å². The number of methoxy groups -OCH3 is 1. The van der Waals surface area contributed by atoms with Gasteiger partial charge in [0.2, 0.25) is 5.91 Å². The van der Waals surface area contributed by atoms with Crippen LogP contribution in [0.4, 0.5) is 0 Å². The fourth-order valence-electron chi connectivity index (χ4n) is 3.68. The number of piperidine rings is 1. The molecule has 1 N–H and O–H groups in total. The topological polar surface area (TPSA) is 41.6 Å². The van der Waals surface area contributed by atoms with Gasteiger partial charge in [0, 0.05) is 19.1 Å². The summed E-state index contributed by atoms with van der Waals surface area (Å²) in [5.74, 6) is 0.848. The van der Waals surface area contributed by atoms with E-state index in [9.17, 15) is 4.79 Å². The van der Waals surface area contributed by atoms with Crippen molar-refractivity contribution in [2.45, 2.75) is 51.7 Å². The minimum atomic E-state index is 0.0429. The molecule has 0 aromatic heterocycles. The first kappa shape index (κ1) is 19.4. The van der Waals surface area contributed by atoms with E-state index in [4.69, 9.17) is 4.74 Å². The molecule has 2 aromatic carbocycles. The molecule has 1 saturated heterocycles. The molecule has 4 heteroatoms. The Hall–Kier alpha value is -2.33. The van der Waals surface area contributed by atoms with Gasteiger partial charge in [-0.15, -0.1) is 0 Å². The molecule has 144 valence electrons. The lowest BCUT2D eigenvalue weighted by Crippen LogP contribution is -2.37. The smallest absolute Gasteiger partial charge is 0.224 e. The summed E-state index contributed by atoms with van der Waals surface area (Å²) in [6, 6.07) is 16.7. The molecule has 1 heterocycles. The summed E-state index contributed by atoms with van der Waals surface area (Å²) in [5, 5.41) is 3.08. The van der Waals surface area contributed by atoms with Crippen molar-refractivity contribution >= 4 is 5.91 Å². The number of rotatable bonds is 7. The third-order valence-corrected chi connectivity index (χ3v) is 5.43. The van der Waals surface area contributed by atoms with Gasteiger partial charge in [-0.25, -0.2) is 0 Å². The highest BCUT2D eigenvalue weighted by Gasteiger charge is 2.19. The van der Waals surface area contributed by atoms with Crippen LogP contribution in [0.2, 0.25) is 0 Å². The molecule has 1 aliphatic rings. The number of hydrogen-bond donors (Lipinski definition) is 1. The summed E-state index contributed by atoms with van der Waals surface area (Å²) in [6.07, 6.45) is 4.28. The van der Waals surface area contributed by atoms with Gasteiger partial charge in [-0.1, -0.05) is 42.8 Å². The van der Waals surface area contributed by atoms with E-state index < -0.39 is 0 Å². The second kappa shape index (κ2) is 9.56. The fourth-order valence-corrected chi connectivity index (χ4v) is 3.68. The summed E-state index contributed by atoms with van der Waals surface area (Å²) < 4.78 is 5.16. The third-order valence-electron chi connectivity index (χ3n) is 5.43. The van der Waals surface area contributed by atoms with E-state index >= 15 is 0 Å². The molecule has 0 spiro atoms. The first-order valence-electron chi connectivity index (χ1n) is 9.86. The fraction of sp³-hybridized carbons (Fsp3) is 0.435. The molecule has 1 fully saturated rings. The zero-order valence-electron chi connectivity index (χ0n) is 16.4. The lowest BCUT2D eigenvalue weighted by Gasteiger charge is -2.33. The lowest BCUT2D eigenvalue weighted by atomic mass is 10.0. The molecule has 1 atom stereocenters. The van der Waals surface area contributed by atoms with E-state index in [1.807, 2.05) is 30.3 Å². The number of likely N-dealkylation sites (tertiary alicyclic amines) is 1. The Morgan fingerprint density at radius 1 is 1.11 bits per heavy atom. The highest BCUT2D eigenvalue weighted by molar-refractivity contribution is 5.78. The quantitative estimate of drug-likeness (QED) is 0.807. The van der Waals surface area contributed by atoms with Crippen LogP contribution in [-0.2, 0) is 24.3 Å². The van der Waals surface area contributed by atoms with Gasteiger partial charge in [0.25, 0.3) is 0 Å². The first-order chi connectivity index (χ1) is 13.2. The zero-order valence-corrected chi connectivity index (χ0v) is 16.4. The van der Waals surface area contributed by atoms with Crippen LogP contribution < -0.4 is 10.1 Å². The molecule has 0 saturated carbocycles. The van der Waals surface area contributed by atoms with Gasteiger partial charge < -0.3 is 10.1 Å². The molecule has 1 unspecified atom stereocenters. The van der Waals surface area contributed by atoms with Gasteiger partial charge in [0.15, 0.2) is 0 Å². The van der Waals surface area contributed by atoms with Crippen molar-refractivity contribution < 1.29 is 9.53 Å². The second-order valence-corrected chi connectivity index (χ2v) is 7.39. The maximum atomic E-state index is 12.3. The van der Waals surface area contributed by atoms with Crippen molar-refractivity contribution in [3.8, 4) is 5.75 Å². The molecule has 3 rings (SSSR count). The van der Waals surface area contributed by atoms with Crippen LogP contribution in [-0.4, -0.2) is 30.5 Å². The van der Waals surface area contributed by atoms with Crippen molar-refractivity contribution in [3.05, 3.63) is 65.2 Å². The minimum absolute atomic E-state index is 0.0429. The average molecular weight is 367 g/mol. The molecular weight excluding hydrogens is 336 g/mol. The van der Waals surface area contributed by atoms with Crippen molar-refractivity contribution in [3.63, 3.8) is 0 Å². The Morgan fingerprint density at radius 2 is 1.85 bits per heavy atom. The Balaban J connectivity index is 1.56. The lowest BCUT2D eigenvalue weighted by molar-refractivity contribution is -0.120. The Morgan fingerprint density at radius 3 is 2.56 bits per heavy atom. The third kappa shape index (κ3) is 5.57. The van der Waals surface area contributed by atoms with Gasteiger partial charge in [0.1, 0.15) is 5.75 Å². The van der Waals surface area contributed by atoms with Crippen LogP contribution in [0.15, 0.2) is 48.5 Å². The van der Waals surface area contributed by atoms with Gasteiger partial charge in [-0.3, -0.25) is 9.69 Å². The number of nitrogens with one attached hydrogen (secondary N) is 1. The molecule has 1 aliphatic heterocycles. The summed E-state index contributed by atoms with van der Waals surface area (Å²) in [6.45, 7) is 5.02. The molecular formula is C23H30N2O2. The summed E-state index contributed by atoms with van der Waals surface area (Å²) >= 11 is 0. The van der Waals surface area contributed by atoms with Gasteiger partial charge in [-0.05, 0) is 55.1 Å². The number of carbonyl (C=O) groups excluding carboxylic acids is 1. The Bertz CT molecular complexity index is 742. The second-order valence-electron chi connectivity index (χ2n) is 7.39. The molecule has 2 aromatic rings. The van der Waals surface area contributed by atoms with Crippen molar-refractivity contribution in [2.75, 3.05) is 13.7 Å². The predicted octanol–water partition coefficient (Wildman–Crippen LogP) is 3.93. The minimum Gasteiger partial charge on any atom is -0.497 e. The van der Waals surface area contributed by atoms with Crippen LogP contribution in [0.3, 0.4) is 0 Å². The van der Waals surface area contributed by atoms with Crippen LogP contribution >= 0.6 is 0 Å². The van der Waals surface area contributed by atoms with Crippen LogP contribution in [0, 0.1) is 0 Å².